The largest absolute Gasteiger partial charge is 0.439 e. The topological polar surface area (TPSA) is 41.5 Å². The number of carbonyl (C=O) groups excluding carboxylic acids is 1. The minimum absolute atomic E-state index is 0.0956. The Kier molecular flexibility index (Phi) is 11.1. The summed E-state index contributed by atoms with van der Waals surface area (Å²) in [5.41, 5.74) is 0. The lowest BCUT2D eigenvalue weighted by atomic mass is 10.3. The number of hydrogen-bond donors (Lipinski definition) is 1. The van der Waals surface area contributed by atoms with Crippen LogP contribution in [0.3, 0.4) is 0 Å². The molecular formula is C15H17ClF4N2OS. The number of carbonyl (C=O) groups is 1. The van der Waals surface area contributed by atoms with E-state index in [0.29, 0.717) is 16.8 Å². The summed E-state index contributed by atoms with van der Waals surface area (Å²) in [7, 11) is 0. The summed E-state index contributed by atoms with van der Waals surface area (Å²) < 4.78 is 50.8. The van der Waals surface area contributed by atoms with Gasteiger partial charge in [0.05, 0.1) is 0 Å². The molecular weight excluding hydrogens is 368 g/mol. The summed E-state index contributed by atoms with van der Waals surface area (Å²) >= 11 is 6.05. The molecule has 0 heterocycles. The van der Waals surface area contributed by atoms with E-state index in [2.05, 4.69) is 16.9 Å². The lowest BCUT2D eigenvalue weighted by Crippen LogP contribution is -2.24. The number of alkyl halides is 3. The van der Waals surface area contributed by atoms with E-state index in [-0.39, 0.29) is 18.7 Å². The van der Waals surface area contributed by atoms with Crippen molar-refractivity contribution in [3.05, 3.63) is 47.9 Å². The fourth-order valence-corrected chi connectivity index (χ4v) is 2.09. The van der Waals surface area contributed by atoms with Gasteiger partial charge in [-0.3, -0.25) is 4.79 Å². The summed E-state index contributed by atoms with van der Waals surface area (Å²) in [6, 6.07) is 0. The highest BCUT2D eigenvalue weighted by Gasteiger charge is 2.35. The van der Waals surface area contributed by atoms with Crippen LogP contribution in [0, 0.1) is 0 Å². The fraction of sp³-hybridized carbons (Fsp3) is 0.333. The molecule has 0 rings (SSSR count). The Bertz CT molecular complexity index is 550. The smallest absolute Gasteiger partial charge is 0.352 e. The standard InChI is InChI=1S/C15H17ClF4N2OS/c1-3-21-14(15(18,19)20)24-9-5-8-22-13(23)10-12(17)7-4-6-11(2)16/h3-4,6-7,10H,1,5,8-9H2,2H3,(H,22,23)/b7-4-,11-6+,12-10-,21-14?. The monoisotopic (exact) mass is 384 g/mol. The second-order valence-corrected chi connectivity index (χ2v) is 5.93. The van der Waals surface area contributed by atoms with Crippen LogP contribution in [0.1, 0.15) is 13.3 Å². The molecule has 1 amide bonds. The van der Waals surface area contributed by atoms with E-state index in [1.807, 2.05) is 0 Å². The van der Waals surface area contributed by atoms with E-state index < -0.39 is 23.0 Å². The third-order valence-electron chi connectivity index (χ3n) is 2.16. The molecule has 0 unspecified atom stereocenters. The third-order valence-corrected chi connectivity index (χ3v) is 3.39. The first-order valence-electron chi connectivity index (χ1n) is 6.71. The molecule has 0 aromatic rings. The predicted molar refractivity (Wildman–Crippen MR) is 91.7 cm³/mol. The van der Waals surface area contributed by atoms with Gasteiger partial charge in [0.25, 0.3) is 0 Å². The van der Waals surface area contributed by atoms with Crippen LogP contribution in [0.15, 0.2) is 52.9 Å². The SMILES string of the molecule is C=CN=C(SCCCNC(=O)/C=C(F)/C=C\C=C(/C)Cl)C(F)(F)F. The Balaban J connectivity index is 4.18. The zero-order chi connectivity index (χ0) is 18.6. The van der Waals surface area contributed by atoms with Gasteiger partial charge in [-0.15, -0.1) is 11.8 Å². The van der Waals surface area contributed by atoms with Crippen LogP contribution in [0.5, 0.6) is 0 Å². The molecule has 9 heteroatoms. The average molecular weight is 385 g/mol. The van der Waals surface area contributed by atoms with E-state index in [4.69, 9.17) is 11.6 Å². The normalized spacial score (nSPS) is 14.2. The Morgan fingerprint density at radius 2 is 2.08 bits per heavy atom. The van der Waals surface area contributed by atoms with Crippen molar-refractivity contribution in [2.75, 3.05) is 12.3 Å². The van der Waals surface area contributed by atoms with Gasteiger partial charge in [0.1, 0.15) is 5.83 Å². The molecule has 0 aliphatic rings. The van der Waals surface area contributed by atoms with Crippen molar-refractivity contribution in [1.29, 1.82) is 0 Å². The number of nitrogens with zero attached hydrogens (tertiary/aromatic N) is 1. The minimum atomic E-state index is -4.53. The molecule has 0 bridgehead atoms. The summed E-state index contributed by atoms with van der Waals surface area (Å²) in [6.07, 6.45) is 1.14. The molecule has 0 saturated carbocycles. The van der Waals surface area contributed by atoms with Crippen molar-refractivity contribution in [2.24, 2.45) is 4.99 Å². The van der Waals surface area contributed by atoms with Gasteiger partial charge in [-0.25, -0.2) is 9.38 Å². The Morgan fingerprint density at radius 3 is 2.62 bits per heavy atom. The summed E-state index contributed by atoms with van der Waals surface area (Å²) in [5, 5.41) is 1.83. The average Bonchev–Trinajstić information content (AvgIpc) is 2.44. The van der Waals surface area contributed by atoms with Gasteiger partial charge in [-0.05, 0) is 25.5 Å². The van der Waals surface area contributed by atoms with E-state index in [1.54, 1.807) is 6.92 Å². The molecule has 0 saturated heterocycles. The second kappa shape index (κ2) is 11.9. The van der Waals surface area contributed by atoms with Gasteiger partial charge in [0.2, 0.25) is 5.91 Å². The molecule has 0 aliphatic carbocycles. The Morgan fingerprint density at radius 1 is 1.42 bits per heavy atom. The predicted octanol–water partition coefficient (Wildman–Crippen LogP) is 4.88. The number of nitrogens with one attached hydrogen (secondary N) is 1. The van der Waals surface area contributed by atoms with Crippen LogP contribution < -0.4 is 5.32 Å². The zero-order valence-corrected chi connectivity index (χ0v) is 14.4. The van der Waals surface area contributed by atoms with Crippen LogP contribution >= 0.6 is 23.4 Å². The lowest BCUT2D eigenvalue weighted by Gasteiger charge is -2.09. The van der Waals surface area contributed by atoms with E-state index in [1.165, 1.54) is 12.2 Å². The van der Waals surface area contributed by atoms with E-state index >= 15 is 0 Å². The number of allylic oxidation sites excluding steroid dienone is 5. The van der Waals surface area contributed by atoms with Gasteiger partial charge in [0, 0.05) is 29.6 Å². The molecule has 0 spiro atoms. The molecule has 0 aromatic heterocycles. The van der Waals surface area contributed by atoms with Crippen LogP contribution in [0.25, 0.3) is 0 Å². The molecule has 3 nitrogen and oxygen atoms in total. The van der Waals surface area contributed by atoms with Gasteiger partial charge in [-0.2, -0.15) is 13.2 Å². The van der Waals surface area contributed by atoms with Crippen LogP contribution in [-0.4, -0.2) is 29.4 Å². The summed E-state index contributed by atoms with van der Waals surface area (Å²) in [6.45, 7) is 4.85. The van der Waals surface area contributed by atoms with Gasteiger partial charge < -0.3 is 5.32 Å². The molecule has 0 aromatic carbocycles. The summed E-state index contributed by atoms with van der Waals surface area (Å²) in [5.74, 6) is -1.35. The third kappa shape index (κ3) is 12.0. The Labute approximate surface area is 147 Å². The second-order valence-electron chi connectivity index (χ2n) is 4.25. The number of rotatable bonds is 8. The molecule has 134 valence electrons. The first kappa shape index (κ1) is 22.5. The minimum Gasteiger partial charge on any atom is -0.352 e. The highest BCUT2D eigenvalue weighted by molar-refractivity contribution is 8.14. The van der Waals surface area contributed by atoms with E-state index in [9.17, 15) is 22.4 Å². The first-order chi connectivity index (χ1) is 11.2. The fourth-order valence-electron chi connectivity index (χ4n) is 1.22. The van der Waals surface area contributed by atoms with Crippen LogP contribution in [0.4, 0.5) is 17.6 Å². The Hall–Kier alpha value is -1.54. The highest BCUT2D eigenvalue weighted by atomic mass is 35.5. The summed E-state index contributed by atoms with van der Waals surface area (Å²) in [4.78, 5) is 14.5. The maximum Gasteiger partial charge on any atom is 0.439 e. The van der Waals surface area contributed by atoms with Crippen LogP contribution in [0.2, 0.25) is 0 Å². The highest BCUT2D eigenvalue weighted by Crippen LogP contribution is 2.25. The van der Waals surface area contributed by atoms with Gasteiger partial charge in [-0.1, -0.05) is 24.3 Å². The van der Waals surface area contributed by atoms with E-state index in [0.717, 1.165) is 18.4 Å². The van der Waals surface area contributed by atoms with Crippen molar-refractivity contribution in [3.63, 3.8) is 0 Å². The number of aliphatic imine (C=N–C) groups is 1. The maximum absolute atomic E-state index is 13.3. The molecule has 0 fully saturated rings. The van der Waals surface area contributed by atoms with Crippen molar-refractivity contribution in [3.8, 4) is 0 Å². The van der Waals surface area contributed by atoms with Crippen molar-refractivity contribution < 1.29 is 22.4 Å². The molecule has 0 aliphatic heterocycles. The number of hydrogen-bond acceptors (Lipinski definition) is 3. The quantitative estimate of drug-likeness (QED) is 0.162. The van der Waals surface area contributed by atoms with Crippen molar-refractivity contribution >= 4 is 34.3 Å². The maximum atomic E-state index is 13.3. The van der Waals surface area contributed by atoms with Crippen molar-refractivity contribution in [2.45, 2.75) is 19.5 Å². The molecule has 0 radical (unpaired) electrons. The first-order valence-corrected chi connectivity index (χ1v) is 8.07. The molecule has 24 heavy (non-hydrogen) atoms. The van der Waals surface area contributed by atoms with Crippen LogP contribution in [-0.2, 0) is 4.79 Å². The molecule has 1 N–H and O–H groups in total. The number of halogens is 5. The number of amides is 1. The zero-order valence-electron chi connectivity index (χ0n) is 12.9. The number of thioether (sulfide) groups is 1. The van der Waals surface area contributed by atoms with Gasteiger partial charge in [0.15, 0.2) is 5.04 Å². The van der Waals surface area contributed by atoms with Gasteiger partial charge >= 0.3 is 6.18 Å². The molecule has 0 atom stereocenters. The lowest BCUT2D eigenvalue weighted by molar-refractivity contribution is -0.116. The van der Waals surface area contributed by atoms with Crippen molar-refractivity contribution in [1.82, 2.24) is 5.32 Å².